The van der Waals surface area contributed by atoms with E-state index in [0.717, 1.165) is 1.74 Å². The standard InChI is InChI=1S/H4I2N2/c1-4-2-3/h2,4H,3H2/i2T/hTD2. The molecule has 0 radical (unpaired) electrons. The summed E-state index contributed by atoms with van der Waals surface area (Å²) in [5.41, 5.74) is 0. The van der Waals surface area contributed by atoms with Crippen molar-refractivity contribution in [2.45, 2.75) is 0 Å². The molecule has 0 aromatic carbocycles. The fraction of sp³-hybridized carbons (Fsp3) is 0. The Bertz CT molecular complexity index is 57.1. The van der Waals surface area contributed by atoms with Gasteiger partial charge in [-0.1, -0.05) is 0 Å². The van der Waals surface area contributed by atoms with Gasteiger partial charge >= 0.3 is 54.9 Å². The van der Waals surface area contributed by atoms with E-state index in [9.17, 15) is 0 Å². The molecule has 0 aliphatic heterocycles. The summed E-state index contributed by atoms with van der Waals surface area (Å²) in [6.07, 6.45) is 0. The van der Waals surface area contributed by atoms with E-state index < -0.39 is 21.6 Å². The zero-order valence-electron chi connectivity index (χ0n) is 5.65. The van der Waals surface area contributed by atoms with Gasteiger partial charge in [0, 0.05) is 0 Å². The molecular weight excluding hydrogens is 282 g/mol. The van der Waals surface area contributed by atoms with Crippen LogP contribution in [-0.2, 0) is 0 Å². The average Bonchev–Trinajstić information content (AvgIpc) is 1.64. The monoisotopic (exact) mass is 292 g/mol. The van der Waals surface area contributed by atoms with Crippen LogP contribution in [0.4, 0.5) is 0 Å². The van der Waals surface area contributed by atoms with E-state index in [0.29, 0.717) is 3.93 Å². The molecule has 0 rings (SSSR count). The summed E-state index contributed by atoms with van der Waals surface area (Å²) < 4.78 is 27.8. The fourth-order valence-electron chi connectivity index (χ4n) is 0. The maximum atomic E-state index is 6.92. The minimum absolute atomic E-state index is 0.295. The van der Waals surface area contributed by atoms with Gasteiger partial charge in [-0.2, -0.15) is 0 Å². The third-order valence-electron chi connectivity index (χ3n) is 0.0286. The second-order valence-electron chi connectivity index (χ2n) is 0.139. The molecule has 4 heteroatoms. The number of halogens is 2. The number of nitrogens with two attached hydrogens (primary N) is 1. The molecule has 0 unspecified atom stereocenters. The van der Waals surface area contributed by atoms with Crippen LogP contribution in [0.3, 0.4) is 0 Å². The number of nitrogens with one attached hydrogen (secondary N) is 1. The van der Waals surface area contributed by atoms with Gasteiger partial charge in [-0.3, -0.25) is 0 Å². The van der Waals surface area contributed by atoms with Crippen LogP contribution in [0.2, 0.25) is 4.24 Å². The zero-order valence-corrected chi connectivity index (χ0v) is 5.97. The molecule has 2 nitrogen and oxygen atoms in total. The molecule has 0 atom stereocenters. The molecule has 0 bridgehead atoms. The van der Waals surface area contributed by atoms with Crippen molar-refractivity contribution < 1.29 is 4.24 Å². The molecule has 0 spiro atoms. The van der Waals surface area contributed by atoms with Gasteiger partial charge in [-0.05, 0) is 0 Å². The van der Waals surface area contributed by atoms with Crippen molar-refractivity contribution >= 4 is 44.4 Å². The van der Waals surface area contributed by atoms with Gasteiger partial charge in [0.2, 0.25) is 0 Å². The zero-order chi connectivity index (χ0) is 6.73. The first-order chi connectivity index (χ1) is 3.55. The van der Waals surface area contributed by atoms with Crippen molar-refractivity contribution in [2.75, 3.05) is 0 Å². The first-order valence-corrected chi connectivity index (χ1v) is 3.40. The van der Waals surface area contributed by atoms with Crippen molar-refractivity contribution in [3.63, 3.8) is 0 Å². The summed E-state index contributed by atoms with van der Waals surface area (Å²) in [7, 11) is 0. The SMILES string of the molecule is [2H]N([3H])I([3H])N([2H])I. The molecule has 0 heterocycles. The van der Waals surface area contributed by atoms with Crippen LogP contribution in [-0.4, -0.2) is 0.594 Å². The van der Waals surface area contributed by atoms with Gasteiger partial charge in [-0.25, -0.2) is 0 Å². The molecule has 0 aliphatic carbocycles. The summed E-state index contributed by atoms with van der Waals surface area (Å²) >= 11 is -1.02. The van der Waals surface area contributed by atoms with E-state index >= 15 is 0 Å². The predicted octanol–water partition coefficient (Wildman–Crippen LogP) is 0.418. The predicted molar refractivity (Wildman–Crippen MR) is 36.8 cm³/mol. The van der Waals surface area contributed by atoms with Gasteiger partial charge in [0.15, 0.2) is 0 Å². The Kier molecular flexibility index (Phi) is 1.61. The van der Waals surface area contributed by atoms with E-state index in [1.54, 1.807) is 22.9 Å². The van der Waals surface area contributed by atoms with Gasteiger partial charge < -0.3 is 0 Å². The van der Waals surface area contributed by atoms with Crippen LogP contribution in [0.15, 0.2) is 0 Å². The van der Waals surface area contributed by atoms with Crippen LogP contribution in [0.5, 0.6) is 0 Å². The molecule has 0 saturated carbocycles. The average molecular weight is 292 g/mol. The Labute approximate surface area is 54.8 Å². The second kappa shape index (κ2) is 4.38. The quantitative estimate of drug-likeness (QED) is 0.572. The van der Waals surface area contributed by atoms with E-state index in [-0.39, 0.29) is 0 Å². The van der Waals surface area contributed by atoms with Gasteiger partial charge in [-0.15, -0.1) is 0 Å². The van der Waals surface area contributed by atoms with Crippen molar-refractivity contribution in [1.29, 1.82) is 0.594 Å². The Morgan fingerprint density at radius 2 is 4.25 bits per heavy atom. The second-order valence-corrected chi connectivity index (χ2v) is 3.38. The molecule has 0 saturated heterocycles. The van der Waals surface area contributed by atoms with E-state index in [1.165, 1.54) is 0 Å². The molecule has 0 fully saturated rings. The van der Waals surface area contributed by atoms with Crippen molar-refractivity contribution in [2.24, 2.45) is 3.93 Å². The number of hydrogen-bond acceptors (Lipinski definition) is 2. The fourth-order valence-corrected chi connectivity index (χ4v) is 0. The third-order valence-corrected chi connectivity index (χ3v) is 1.29. The normalized spacial score (nSPS) is 27.2. The summed E-state index contributed by atoms with van der Waals surface area (Å²) in [6, 6.07) is 0. The van der Waals surface area contributed by atoms with Crippen LogP contribution in [0, 0.1) is 0 Å². The molecular formula is H4I2N2. The Balaban J connectivity index is 3.46. The molecule has 3 N–H and O–H groups in total. The van der Waals surface area contributed by atoms with E-state index in [4.69, 9.17) is 4.83 Å². The van der Waals surface area contributed by atoms with Crippen LogP contribution < -0.4 is 5.67 Å². The number of hydrogen-bond donors (Lipinski definition) is 2. The maximum absolute atomic E-state index is 6.92. The van der Waals surface area contributed by atoms with Gasteiger partial charge in [0.1, 0.15) is 0 Å². The van der Waals surface area contributed by atoms with Crippen LogP contribution in [0.25, 0.3) is 0 Å². The van der Waals surface area contributed by atoms with E-state index in [2.05, 4.69) is 0 Å². The van der Waals surface area contributed by atoms with Gasteiger partial charge in [0.25, 0.3) is 0 Å². The Morgan fingerprint density at radius 3 is 4.25 bits per heavy atom. The first-order valence-electron chi connectivity index (χ1n) is 2.23. The summed E-state index contributed by atoms with van der Waals surface area (Å²) in [4.78, 5) is 0. The van der Waals surface area contributed by atoms with Crippen molar-refractivity contribution in [3.8, 4) is 0 Å². The third kappa shape index (κ3) is 3.38. The summed E-state index contributed by atoms with van der Waals surface area (Å²) in [6.45, 7) is 0. The molecule has 0 aromatic rings. The van der Waals surface area contributed by atoms with E-state index in [1.807, 2.05) is 0 Å². The van der Waals surface area contributed by atoms with Gasteiger partial charge in [0.05, 0.1) is 0 Å². The topological polar surface area (TPSA) is 38.0 Å². The summed E-state index contributed by atoms with van der Waals surface area (Å²) in [5, 5.41) is 0. The molecule has 0 aliphatic rings. The van der Waals surface area contributed by atoms with Crippen molar-refractivity contribution in [1.82, 2.24) is 1.74 Å². The molecule has 4 heavy (non-hydrogen) atoms. The number of rotatable bonds is 2. The molecule has 0 amide bonds. The van der Waals surface area contributed by atoms with Crippen LogP contribution >= 0.6 is 44.4 Å². The molecule has 0 aromatic heterocycles. The minimum atomic E-state index is -2.60. The first kappa shape index (κ1) is 1.47. The Morgan fingerprint density at radius 1 is 3.50 bits per heavy atom. The molecule has 28 valence electrons. The summed E-state index contributed by atoms with van der Waals surface area (Å²) in [5.74, 6) is 0. The van der Waals surface area contributed by atoms with Crippen LogP contribution in [0.1, 0.15) is 0 Å². The van der Waals surface area contributed by atoms with Crippen molar-refractivity contribution in [3.05, 3.63) is 0 Å². The Hall–Kier alpha value is 1.38.